The summed E-state index contributed by atoms with van der Waals surface area (Å²) in [6.45, 7) is 4.70. The van der Waals surface area contributed by atoms with Gasteiger partial charge in [0, 0.05) is 38.7 Å². The normalized spacial score (nSPS) is 20.5. The molecule has 168 valence electrons. The van der Waals surface area contributed by atoms with E-state index in [9.17, 15) is 0 Å². The standard InChI is InChI=1S/C33H25NO/c1-33(2)27-13-11-19(20-12-14-32-26(16-20)22-8-4-6-10-31(22)35-32)15-23(27)24-17-25-21-7-3-5-9-29(21)34-30(25)18-28(24)33/h3-18,22,31,34H,1-2H3. The Morgan fingerprint density at radius 1 is 0.714 bits per heavy atom. The summed E-state index contributed by atoms with van der Waals surface area (Å²) >= 11 is 0. The number of rotatable bonds is 1. The van der Waals surface area contributed by atoms with Crippen molar-refractivity contribution in [3.05, 3.63) is 114 Å². The Balaban J connectivity index is 1.30. The van der Waals surface area contributed by atoms with Crippen molar-refractivity contribution in [2.75, 3.05) is 0 Å². The summed E-state index contributed by atoms with van der Waals surface area (Å²) in [5.41, 5.74) is 11.7. The Morgan fingerprint density at radius 3 is 2.46 bits per heavy atom. The van der Waals surface area contributed by atoms with E-state index in [0.717, 1.165) is 5.75 Å². The molecule has 0 saturated carbocycles. The van der Waals surface area contributed by atoms with E-state index in [0.29, 0.717) is 5.92 Å². The van der Waals surface area contributed by atoms with Gasteiger partial charge in [0.25, 0.3) is 0 Å². The number of aromatic nitrogens is 1. The zero-order chi connectivity index (χ0) is 23.3. The van der Waals surface area contributed by atoms with Crippen molar-refractivity contribution in [1.82, 2.24) is 4.98 Å². The molecule has 0 radical (unpaired) electrons. The first-order valence-electron chi connectivity index (χ1n) is 12.4. The second-order valence-corrected chi connectivity index (χ2v) is 10.6. The molecule has 0 bridgehead atoms. The van der Waals surface area contributed by atoms with Gasteiger partial charge in [-0.15, -0.1) is 0 Å². The van der Waals surface area contributed by atoms with Gasteiger partial charge in [0.15, 0.2) is 0 Å². The summed E-state index contributed by atoms with van der Waals surface area (Å²) in [7, 11) is 0. The Bertz CT molecular complexity index is 1760. The van der Waals surface area contributed by atoms with Crippen LogP contribution in [-0.2, 0) is 5.41 Å². The molecular formula is C33H25NO. The van der Waals surface area contributed by atoms with E-state index in [1.54, 1.807) is 0 Å². The SMILES string of the molecule is CC1(C)c2ccc(-c3ccc4c(c3)C3C=CC=CC3O4)cc2-c2cc3c(cc21)[nH]c1ccccc13. The van der Waals surface area contributed by atoms with Gasteiger partial charge in [-0.2, -0.15) is 0 Å². The Morgan fingerprint density at radius 2 is 1.51 bits per heavy atom. The van der Waals surface area contributed by atoms with Gasteiger partial charge in [-0.05, 0) is 75.9 Å². The monoisotopic (exact) mass is 451 g/mol. The summed E-state index contributed by atoms with van der Waals surface area (Å²) in [6.07, 6.45) is 8.75. The van der Waals surface area contributed by atoms with E-state index >= 15 is 0 Å². The van der Waals surface area contributed by atoms with E-state index in [2.05, 4.69) is 116 Å². The lowest BCUT2D eigenvalue weighted by Gasteiger charge is -2.21. The third kappa shape index (κ3) is 2.54. The molecule has 1 aliphatic heterocycles. The highest BCUT2D eigenvalue weighted by atomic mass is 16.5. The van der Waals surface area contributed by atoms with Crippen molar-refractivity contribution in [2.24, 2.45) is 0 Å². The largest absolute Gasteiger partial charge is 0.485 e. The molecule has 2 heterocycles. The highest BCUT2D eigenvalue weighted by Crippen LogP contribution is 2.51. The van der Waals surface area contributed by atoms with Crippen molar-refractivity contribution >= 4 is 21.8 Å². The van der Waals surface area contributed by atoms with Crippen molar-refractivity contribution in [3.63, 3.8) is 0 Å². The van der Waals surface area contributed by atoms with Crippen molar-refractivity contribution in [2.45, 2.75) is 31.3 Å². The van der Waals surface area contributed by atoms with Gasteiger partial charge in [-0.25, -0.2) is 0 Å². The smallest absolute Gasteiger partial charge is 0.128 e. The maximum atomic E-state index is 6.18. The first kappa shape index (κ1) is 19.3. The molecule has 1 N–H and O–H groups in total. The average molecular weight is 452 g/mol. The van der Waals surface area contributed by atoms with Gasteiger partial charge in [0.05, 0.1) is 0 Å². The molecule has 0 saturated heterocycles. The number of aromatic amines is 1. The first-order chi connectivity index (χ1) is 17.1. The summed E-state index contributed by atoms with van der Waals surface area (Å²) in [4.78, 5) is 3.63. The molecule has 3 aliphatic rings. The first-order valence-corrected chi connectivity index (χ1v) is 12.4. The molecule has 1 aromatic heterocycles. The quantitative estimate of drug-likeness (QED) is 0.273. The van der Waals surface area contributed by atoms with E-state index in [4.69, 9.17) is 4.74 Å². The molecule has 2 heteroatoms. The molecule has 2 unspecified atom stereocenters. The van der Waals surface area contributed by atoms with Crippen LogP contribution in [0.15, 0.2) is 97.1 Å². The highest BCUT2D eigenvalue weighted by Gasteiger charge is 2.36. The van der Waals surface area contributed by atoms with Gasteiger partial charge >= 0.3 is 0 Å². The second-order valence-electron chi connectivity index (χ2n) is 10.6. The van der Waals surface area contributed by atoms with Crippen molar-refractivity contribution < 1.29 is 4.74 Å². The number of allylic oxidation sites excluding steroid dienone is 2. The number of hydrogen-bond donors (Lipinski definition) is 1. The maximum Gasteiger partial charge on any atom is 0.128 e. The molecule has 8 rings (SSSR count). The van der Waals surface area contributed by atoms with Crippen LogP contribution >= 0.6 is 0 Å². The van der Waals surface area contributed by atoms with Crippen LogP contribution in [0.5, 0.6) is 5.75 Å². The zero-order valence-electron chi connectivity index (χ0n) is 19.8. The average Bonchev–Trinajstić information content (AvgIpc) is 3.51. The number of hydrogen-bond acceptors (Lipinski definition) is 1. The summed E-state index contributed by atoms with van der Waals surface area (Å²) in [6, 6.07) is 27.1. The summed E-state index contributed by atoms with van der Waals surface area (Å²) in [5, 5.41) is 2.58. The third-order valence-corrected chi connectivity index (χ3v) is 8.35. The molecule has 5 aromatic rings. The minimum atomic E-state index is -0.0348. The van der Waals surface area contributed by atoms with E-state index in [1.165, 1.54) is 60.8 Å². The predicted octanol–water partition coefficient (Wildman–Crippen LogP) is 8.27. The van der Waals surface area contributed by atoms with Crippen LogP contribution in [0.25, 0.3) is 44.1 Å². The topological polar surface area (TPSA) is 25.0 Å². The summed E-state index contributed by atoms with van der Waals surface area (Å²) < 4.78 is 6.18. The third-order valence-electron chi connectivity index (χ3n) is 8.35. The maximum absolute atomic E-state index is 6.18. The van der Waals surface area contributed by atoms with E-state index < -0.39 is 0 Å². The fourth-order valence-corrected chi connectivity index (χ4v) is 6.50. The summed E-state index contributed by atoms with van der Waals surface area (Å²) in [5.74, 6) is 1.31. The molecule has 0 spiro atoms. The molecule has 0 amide bonds. The van der Waals surface area contributed by atoms with Crippen LogP contribution in [0.4, 0.5) is 0 Å². The molecular weight excluding hydrogens is 426 g/mol. The predicted molar refractivity (Wildman–Crippen MR) is 144 cm³/mol. The lowest BCUT2D eigenvalue weighted by Crippen LogP contribution is -2.15. The molecule has 0 fully saturated rings. The van der Waals surface area contributed by atoms with E-state index in [-0.39, 0.29) is 11.5 Å². The van der Waals surface area contributed by atoms with E-state index in [1.807, 2.05) is 0 Å². The minimum Gasteiger partial charge on any atom is -0.485 e. The van der Waals surface area contributed by atoms with Crippen molar-refractivity contribution in [3.8, 4) is 28.0 Å². The number of ether oxygens (including phenoxy) is 1. The number of para-hydroxylation sites is 1. The van der Waals surface area contributed by atoms with Gasteiger partial charge < -0.3 is 9.72 Å². The lowest BCUT2D eigenvalue weighted by molar-refractivity contribution is 0.269. The Labute approximate surface area is 204 Å². The van der Waals surface area contributed by atoms with Gasteiger partial charge in [0.1, 0.15) is 11.9 Å². The lowest BCUT2D eigenvalue weighted by atomic mass is 9.82. The number of nitrogens with one attached hydrogen (secondary N) is 1. The molecule has 2 aliphatic carbocycles. The molecule has 2 atom stereocenters. The van der Waals surface area contributed by atoms with Crippen LogP contribution in [0.2, 0.25) is 0 Å². The number of H-pyrrole nitrogens is 1. The van der Waals surface area contributed by atoms with Gasteiger partial charge in [0.2, 0.25) is 0 Å². The minimum absolute atomic E-state index is 0.0348. The Hall–Kier alpha value is -4.04. The van der Waals surface area contributed by atoms with Gasteiger partial charge in [-0.3, -0.25) is 0 Å². The highest BCUT2D eigenvalue weighted by molar-refractivity contribution is 6.09. The van der Waals surface area contributed by atoms with Crippen molar-refractivity contribution in [1.29, 1.82) is 0 Å². The molecule has 4 aromatic carbocycles. The molecule has 35 heavy (non-hydrogen) atoms. The zero-order valence-corrected chi connectivity index (χ0v) is 19.8. The van der Waals surface area contributed by atoms with Crippen LogP contribution in [-0.4, -0.2) is 11.1 Å². The fraction of sp³-hybridized carbons (Fsp3) is 0.152. The molecule has 2 nitrogen and oxygen atoms in total. The second kappa shape index (κ2) is 6.55. The van der Waals surface area contributed by atoms with Crippen LogP contribution < -0.4 is 4.74 Å². The Kier molecular flexibility index (Phi) is 3.61. The van der Waals surface area contributed by atoms with Gasteiger partial charge in [-0.1, -0.05) is 68.5 Å². The number of benzene rings is 4. The van der Waals surface area contributed by atoms with Crippen LogP contribution in [0.1, 0.15) is 36.5 Å². The van der Waals surface area contributed by atoms with Crippen LogP contribution in [0.3, 0.4) is 0 Å². The number of fused-ring (bicyclic) bond motifs is 9. The van der Waals surface area contributed by atoms with Crippen LogP contribution in [0, 0.1) is 0 Å². The fourth-order valence-electron chi connectivity index (χ4n) is 6.50.